The molecule has 0 aromatic carbocycles. The van der Waals surface area contributed by atoms with Crippen molar-refractivity contribution in [2.45, 2.75) is 45.6 Å². The van der Waals surface area contributed by atoms with Crippen LogP contribution in [0.1, 0.15) is 40.0 Å². The zero-order valence-electron chi connectivity index (χ0n) is 11.9. The summed E-state index contributed by atoms with van der Waals surface area (Å²) in [5.74, 6) is -0.313. The second-order valence-electron chi connectivity index (χ2n) is 6.86. The third kappa shape index (κ3) is 3.61. The third-order valence-corrected chi connectivity index (χ3v) is 3.86. The summed E-state index contributed by atoms with van der Waals surface area (Å²) in [4.78, 5) is 24.9. The Morgan fingerprint density at radius 1 is 1.11 bits per heavy atom. The van der Waals surface area contributed by atoms with Gasteiger partial charge in [-0.25, -0.2) is 4.79 Å². The summed E-state index contributed by atoms with van der Waals surface area (Å²) >= 11 is 0. The molecule has 1 aliphatic carbocycles. The zero-order valence-corrected chi connectivity index (χ0v) is 11.9. The van der Waals surface area contributed by atoms with Crippen LogP contribution in [-0.4, -0.2) is 40.8 Å². The van der Waals surface area contributed by atoms with Crippen LogP contribution in [0.25, 0.3) is 0 Å². The number of rotatable bonds is 1. The van der Waals surface area contributed by atoms with Crippen LogP contribution in [0.15, 0.2) is 0 Å². The summed E-state index contributed by atoms with van der Waals surface area (Å²) in [6, 6.07) is 0. The number of carboxylic acids is 1. The van der Waals surface area contributed by atoms with E-state index in [1.54, 1.807) is 4.90 Å². The zero-order chi connectivity index (χ0) is 14.2. The molecule has 1 heterocycles. The molecule has 108 valence electrons. The molecule has 1 saturated carbocycles. The van der Waals surface area contributed by atoms with E-state index < -0.39 is 11.6 Å². The Morgan fingerprint density at radius 3 is 2.05 bits per heavy atom. The van der Waals surface area contributed by atoms with Gasteiger partial charge in [0, 0.05) is 13.1 Å². The molecule has 19 heavy (non-hydrogen) atoms. The van der Waals surface area contributed by atoms with Crippen LogP contribution in [0.3, 0.4) is 0 Å². The summed E-state index contributed by atoms with van der Waals surface area (Å²) in [5.41, 5.74) is -0.479. The first kappa shape index (κ1) is 14.2. The number of fused-ring (bicyclic) bond motifs is 2. The number of ether oxygens (including phenoxy) is 1. The average Bonchev–Trinajstić information content (AvgIpc) is 2.25. The Morgan fingerprint density at radius 2 is 1.63 bits per heavy atom. The first-order valence-electron chi connectivity index (χ1n) is 6.95. The molecule has 0 radical (unpaired) electrons. The smallest absolute Gasteiger partial charge is 0.410 e. The van der Waals surface area contributed by atoms with Crippen LogP contribution in [0, 0.1) is 17.8 Å². The van der Waals surface area contributed by atoms with Crippen LogP contribution < -0.4 is 0 Å². The highest BCUT2D eigenvalue weighted by Gasteiger charge is 2.40. The highest BCUT2D eigenvalue weighted by molar-refractivity contribution is 5.71. The molecule has 0 spiro atoms. The van der Waals surface area contributed by atoms with Crippen LogP contribution in [0.5, 0.6) is 0 Å². The van der Waals surface area contributed by atoms with Gasteiger partial charge in [0.2, 0.25) is 0 Å². The van der Waals surface area contributed by atoms with E-state index in [0.717, 1.165) is 6.42 Å². The number of carboxylic acid groups (broad SMARTS) is 1. The van der Waals surface area contributed by atoms with Gasteiger partial charge in [0.05, 0.1) is 5.92 Å². The molecule has 5 nitrogen and oxygen atoms in total. The standard InChI is InChI=1S/C14H23NO4/c1-14(2,3)19-13(18)15-7-9-4-10(8-15)6-11(5-9)12(16)17/h9-11H,4-8H2,1-3H3,(H,16,17). The maximum absolute atomic E-state index is 12.0. The van der Waals surface area contributed by atoms with E-state index in [0.29, 0.717) is 37.8 Å². The van der Waals surface area contributed by atoms with Gasteiger partial charge in [-0.05, 0) is 51.9 Å². The summed E-state index contributed by atoms with van der Waals surface area (Å²) in [6.45, 7) is 6.84. The maximum atomic E-state index is 12.0. The molecule has 1 amide bonds. The fourth-order valence-electron chi connectivity index (χ4n) is 3.24. The molecule has 2 unspecified atom stereocenters. The molecule has 1 aliphatic heterocycles. The summed E-state index contributed by atoms with van der Waals surface area (Å²) in [5, 5.41) is 9.12. The van der Waals surface area contributed by atoms with Crippen molar-refractivity contribution in [1.29, 1.82) is 0 Å². The topological polar surface area (TPSA) is 66.8 Å². The number of carbonyl (C=O) groups excluding carboxylic acids is 1. The minimum Gasteiger partial charge on any atom is -0.481 e. The minimum atomic E-state index is -0.694. The van der Waals surface area contributed by atoms with Gasteiger partial charge in [-0.15, -0.1) is 0 Å². The monoisotopic (exact) mass is 269 g/mol. The van der Waals surface area contributed by atoms with Crippen molar-refractivity contribution in [2.75, 3.05) is 13.1 Å². The number of amides is 1. The maximum Gasteiger partial charge on any atom is 0.410 e. The number of likely N-dealkylation sites (tertiary alicyclic amines) is 1. The van der Waals surface area contributed by atoms with Gasteiger partial charge in [0.1, 0.15) is 5.60 Å². The number of carbonyl (C=O) groups is 2. The normalized spacial score (nSPS) is 30.9. The number of hydrogen-bond donors (Lipinski definition) is 1. The molecule has 1 saturated heterocycles. The van der Waals surface area contributed by atoms with E-state index in [9.17, 15) is 9.59 Å². The SMILES string of the molecule is CC(C)(C)OC(=O)N1CC2CC(CC(C(=O)O)C2)C1. The van der Waals surface area contributed by atoms with E-state index >= 15 is 0 Å². The fraction of sp³-hybridized carbons (Fsp3) is 0.857. The molecule has 1 N–H and O–H groups in total. The Balaban J connectivity index is 1.95. The van der Waals surface area contributed by atoms with Gasteiger partial charge < -0.3 is 14.7 Å². The van der Waals surface area contributed by atoms with Crippen molar-refractivity contribution < 1.29 is 19.4 Å². The second kappa shape index (κ2) is 5.02. The van der Waals surface area contributed by atoms with E-state index in [-0.39, 0.29) is 12.0 Å². The van der Waals surface area contributed by atoms with Gasteiger partial charge in [0.15, 0.2) is 0 Å². The van der Waals surface area contributed by atoms with Crippen molar-refractivity contribution in [3.63, 3.8) is 0 Å². The highest BCUT2D eigenvalue weighted by atomic mass is 16.6. The van der Waals surface area contributed by atoms with Crippen LogP contribution in [0.2, 0.25) is 0 Å². The lowest BCUT2D eigenvalue weighted by Crippen LogP contribution is -2.49. The summed E-state index contributed by atoms with van der Waals surface area (Å²) < 4.78 is 5.39. The molecule has 0 aromatic heterocycles. The lowest BCUT2D eigenvalue weighted by atomic mass is 9.72. The summed E-state index contributed by atoms with van der Waals surface area (Å²) in [7, 11) is 0. The fourth-order valence-corrected chi connectivity index (χ4v) is 3.24. The lowest BCUT2D eigenvalue weighted by molar-refractivity contribution is -0.145. The van der Waals surface area contributed by atoms with Gasteiger partial charge >= 0.3 is 12.1 Å². The molecule has 2 bridgehead atoms. The second-order valence-corrected chi connectivity index (χ2v) is 6.86. The molecule has 0 aromatic rings. The Hall–Kier alpha value is -1.26. The molecule has 2 atom stereocenters. The number of aliphatic carboxylic acids is 1. The van der Waals surface area contributed by atoms with Crippen LogP contribution in [-0.2, 0) is 9.53 Å². The number of hydrogen-bond acceptors (Lipinski definition) is 3. The Bertz CT molecular complexity index is 360. The van der Waals surface area contributed by atoms with Crippen LogP contribution in [0.4, 0.5) is 4.79 Å². The predicted molar refractivity (Wildman–Crippen MR) is 69.8 cm³/mol. The third-order valence-electron chi connectivity index (χ3n) is 3.86. The lowest BCUT2D eigenvalue weighted by Gasteiger charge is -2.43. The Kier molecular flexibility index (Phi) is 3.74. The van der Waals surface area contributed by atoms with Crippen molar-refractivity contribution in [3.05, 3.63) is 0 Å². The highest BCUT2D eigenvalue weighted by Crippen LogP contribution is 2.38. The van der Waals surface area contributed by atoms with E-state index in [1.165, 1.54) is 0 Å². The van der Waals surface area contributed by atoms with Gasteiger partial charge in [-0.2, -0.15) is 0 Å². The number of nitrogens with zero attached hydrogens (tertiary/aromatic N) is 1. The van der Waals surface area contributed by atoms with Crippen molar-refractivity contribution in [2.24, 2.45) is 17.8 Å². The van der Waals surface area contributed by atoms with Gasteiger partial charge in [-0.3, -0.25) is 4.79 Å². The molecule has 2 rings (SSSR count). The average molecular weight is 269 g/mol. The van der Waals surface area contributed by atoms with Gasteiger partial charge in [0.25, 0.3) is 0 Å². The quantitative estimate of drug-likeness (QED) is 0.793. The van der Waals surface area contributed by atoms with E-state index in [4.69, 9.17) is 9.84 Å². The molecular weight excluding hydrogens is 246 g/mol. The summed E-state index contributed by atoms with van der Waals surface area (Å²) in [6.07, 6.45) is 2.15. The Labute approximate surface area is 113 Å². The van der Waals surface area contributed by atoms with E-state index in [1.807, 2.05) is 20.8 Å². The van der Waals surface area contributed by atoms with Gasteiger partial charge in [-0.1, -0.05) is 0 Å². The van der Waals surface area contributed by atoms with Crippen molar-refractivity contribution in [1.82, 2.24) is 4.90 Å². The molecule has 2 fully saturated rings. The molecule has 2 aliphatic rings. The van der Waals surface area contributed by atoms with E-state index in [2.05, 4.69) is 0 Å². The first-order valence-corrected chi connectivity index (χ1v) is 6.95. The largest absolute Gasteiger partial charge is 0.481 e. The number of piperidine rings is 1. The molecule has 5 heteroatoms. The van der Waals surface area contributed by atoms with Crippen molar-refractivity contribution in [3.8, 4) is 0 Å². The first-order chi connectivity index (χ1) is 8.74. The van der Waals surface area contributed by atoms with Crippen LogP contribution >= 0.6 is 0 Å². The van der Waals surface area contributed by atoms with Crippen molar-refractivity contribution >= 4 is 12.1 Å². The minimum absolute atomic E-state index is 0.232. The predicted octanol–water partition coefficient (Wildman–Crippen LogP) is 2.35. The molecular formula is C14H23NO4.